The van der Waals surface area contributed by atoms with Crippen LogP contribution in [0, 0.1) is 0 Å². The van der Waals surface area contributed by atoms with Gasteiger partial charge >= 0.3 is 6.09 Å². The minimum atomic E-state index is -1.24. The van der Waals surface area contributed by atoms with Crippen LogP contribution in [0.3, 0.4) is 0 Å². The van der Waals surface area contributed by atoms with E-state index in [0.29, 0.717) is 25.9 Å². The second-order valence-electron chi connectivity index (χ2n) is 10.4. The van der Waals surface area contributed by atoms with Crippen molar-refractivity contribution in [1.82, 2.24) is 14.8 Å². The lowest BCUT2D eigenvalue weighted by molar-refractivity contribution is -0.148. The molecule has 1 saturated heterocycles. The maximum atomic E-state index is 13.6. The van der Waals surface area contributed by atoms with Crippen LogP contribution >= 0.6 is 0 Å². The van der Waals surface area contributed by atoms with Gasteiger partial charge in [-0.05, 0) is 51.8 Å². The maximum Gasteiger partial charge on any atom is 0.417 e. The summed E-state index contributed by atoms with van der Waals surface area (Å²) in [6.07, 6.45) is 6.30. The molecule has 0 aliphatic carbocycles. The molecule has 0 spiro atoms. The fourth-order valence-electron chi connectivity index (χ4n) is 3.41. The predicted molar refractivity (Wildman–Crippen MR) is 128 cm³/mol. The number of carbonyl (C=O) groups is 3. The molecule has 7 nitrogen and oxygen atoms in total. The molecule has 1 atom stereocenters. The molecule has 0 unspecified atom stereocenters. The van der Waals surface area contributed by atoms with E-state index in [1.165, 1.54) is 0 Å². The van der Waals surface area contributed by atoms with Gasteiger partial charge in [-0.15, -0.1) is 0 Å². The van der Waals surface area contributed by atoms with E-state index in [1.54, 1.807) is 31.9 Å². The van der Waals surface area contributed by atoms with E-state index in [-0.39, 0.29) is 18.2 Å². The van der Waals surface area contributed by atoms with E-state index in [4.69, 9.17) is 4.74 Å². The number of hydrogen-bond acceptors (Lipinski definition) is 5. The van der Waals surface area contributed by atoms with Crippen molar-refractivity contribution in [2.45, 2.75) is 83.9 Å². The number of nitrogens with zero attached hydrogens (tertiary/aromatic N) is 3. The van der Waals surface area contributed by atoms with Crippen molar-refractivity contribution in [2.24, 2.45) is 0 Å². The van der Waals surface area contributed by atoms with E-state index >= 15 is 0 Å². The third kappa shape index (κ3) is 8.22. The largest absolute Gasteiger partial charge is 0.443 e. The maximum absolute atomic E-state index is 13.6. The molecule has 2 rings (SSSR count). The summed E-state index contributed by atoms with van der Waals surface area (Å²) in [6.45, 7) is 12.8. The number of amides is 3. The first-order valence-corrected chi connectivity index (χ1v) is 15.0. The SMILES string of the molecule is CC(C)(C)OC(=O)N1C(=O)CCC[C@H]1C(=O)N(C/C=C/C[Si](C)(C)C)Cc1ccccn1. The lowest BCUT2D eigenvalue weighted by Crippen LogP contribution is -2.56. The highest BCUT2D eigenvalue weighted by Crippen LogP contribution is 2.24. The highest BCUT2D eigenvalue weighted by atomic mass is 28.3. The van der Waals surface area contributed by atoms with Gasteiger partial charge in [0.05, 0.1) is 12.2 Å². The molecule has 0 radical (unpaired) electrons. The molecule has 1 aliphatic rings. The molecule has 0 N–H and O–H groups in total. The van der Waals surface area contributed by atoms with Crippen molar-refractivity contribution in [2.75, 3.05) is 6.54 Å². The molecule has 0 saturated carbocycles. The topological polar surface area (TPSA) is 79.8 Å². The average molecular weight is 460 g/mol. The quantitative estimate of drug-likeness (QED) is 0.439. The number of hydrogen-bond donors (Lipinski definition) is 0. The molecular formula is C24H37N3O4Si. The summed E-state index contributed by atoms with van der Waals surface area (Å²) in [7, 11) is -1.24. The fraction of sp³-hybridized carbons (Fsp3) is 0.583. The molecule has 0 bridgehead atoms. The van der Waals surface area contributed by atoms with Crippen LogP contribution in [-0.4, -0.2) is 59.0 Å². The number of piperidine rings is 1. The Labute approximate surface area is 192 Å². The first kappa shape index (κ1) is 25.8. The average Bonchev–Trinajstić information content (AvgIpc) is 2.68. The Morgan fingerprint density at radius 1 is 1.25 bits per heavy atom. The number of pyridine rings is 1. The molecule has 32 heavy (non-hydrogen) atoms. The Morgan fingerprint density at radius 2 is 1.97 bits per heavy atom. The fourth-order valence-corrected chi connectivity index (χ4v) is 4.29. The summed E-state index contributed by atoms with van der Waals surface area (Å²) >= 11 is 0. The Balaban J connectivity index is 2.25. The van der Waals surface area contributed by atoms with Gasteiger partial charge in [0.15, 0.2) is 0 Å². The summed E-state index contributed by atoms with van der Waals surface area (Å²) in [5.74, 6) is -0.622. The van der Waals surface area contributed by atoms with E-state index in [1.807, 2.05) is 24.3 Å². The third-order valence-corrected chi connectivity index (χ3v) is 6.40. The zero-order valence-electron chi connectivity index (χ0n) is 20.3. The normalized spacial score (nSPS) is 17.5. The van der Waals surface area contributed by atoms with E-state index in [0.717, 1.165) is 16.6 Å². The number of imide groups is 1. The molecular weight excluding hydrogens is 422 g/mol. The number of carbonyl (C=O) groups excluding carboxylic acids is 3. The third-order valence-electron chi connectivity index (χ3n) is 4.94. The Kier molecular flexibility index (Phi) is 8.78. The van der Waals surface area contributed by atoms with Crippen LogP contribution in [-0.2, 0) is 20.9 Å². The van der Waals surface area contributed by atoms with Crippen LogP contribution in [0.5, 0.6) is 0 Å². The van der Waals surface area contributed by atoms with Crippen LogP contribution < -0.4 is 0 Å². The highest BCUT2D eigenvalue weighted by molar-refractivity contribution is 6.76. The van der Waals surface area contributed by atoms with Crippen LogP contribution in [0.1, 0.15) is 45.7 Å². The van der Waals surface area contributed by atoms with Crippen molar-refractivity contribution < 1.29 is 19.1 Å². The van der Waals surface area contributed by atoms with Gasteiger partial charge in [0.1, 0.15) is 11.6 Å². The van der Waals surface area contributed by atoms with E-state index < -0.39 is 25.8 Å². The molecule has 1 aromatic rings. The molecule has 3 amide bonds. The number of allylic oxidation sites excluding steroid dienone is 1. The zero-order chi connectivity index (χ0) is 23.9. The van der Waals surface area contributed by atoms with Crippen LogP contribution in [0.4, 0.5) is 4.79 Å². The van der Waals surface area contributed by atoms with Crippen LogP contribution in [0.15, 0.2) is 36.5 Å². The smallest absolute Gasteiger partial charge is 0.417 e. The van der Waals surface area contributed by atoms with E-state index in [2.05, 4.69) is 30.7 Å². The predicted octanol–water partition coefficient (Wildman–Crippen LogP) is 4.62. The lowest BCUT2D eigenvalue weighted by Gasteiger charge is -2.36. The van der Waals surface area contributed by atoms with Crippen LogP contribution in [0.2, 0.25) is 25.7 Å². The molecule has 1 aromatic heterocycles. The molecule has 2 heterocycles. The summed E-state index contributed by atoms with van der Waals surface area (Å²) in [5.41, 5.74) is 0.000671. The van der Waals surface area contributed by atoms with Gasteiger partial charge in [0.2, 0.25) is 11.8 Å². The zero-order valence-corrected chi connectivity index (χ0v) is 21.3. The number of likely N-dealkylation sites (tertiary alicyclic amines) is 1. The second-order valence-corrected chi connectivity index (χ2v) is 16.0. The second kappa shape index (κ2) is 10.9. The monoisotopic (exact) mass is 459 g/mol. The lowest BCUT2D eigenvalue weighted by atomic mass is 10.0. The molecule has 0 aromatic carbocycles. The van der Waals surface area contributed by atoms with Gasteiger partial charge in [-0.3, -0.25) is 14.6 Å². The van der Waals surface area contributed by atoms with Crippen molar-refractivity contribution >= 4 is 26.0 Å². The van der Waals surface area contributed by atoms with Gasteiger partial charge in [-0.25, -0.2) is 9.69 Å². The van der Waals surface area contributed by atoms with Gasteiger partial charge in [0, 0.05) is 27.2 Å². The summed E-state index contributed by atoms with van der Waals surface area (Å²) in [6, 6.07) is 5.73. The van der Waals surface area contributed by atoms with E-state index in [9.17, 15) is 14.4 Å². The number of ether oxygens (including phenoxy) is 1. The Bertz CT molecular complexity index is 828. The van der Waals surface area contributed by atoms with Gasteiger partial charge < -0.3 is 9.64 Å². The van der Waals surface area contributed by atoms with Gasteiger partial charge in [-0.2, -0.15) is 0 Å². The molecule has 1 fully saturated rings. The summed E-state index contributed by atoms with van der Waals surface area (Å²) < 4.78 is 5.44. The van der Waals surface area contributed by atoms with Gasteiger partial charge in [0.25, 0.3) is 0 Å². The van der Waals surface area contributed by atoms with Crippen molar-refractivity contribution in [1.29, 1.82) is 0 Å². The van der Waals surface area contributed by atoms with Crippen molar-refractivity contribution in [3.8, 4) is 0 Å². The number of rotatable bonds is 7. The minimum Gasteiger partial charge on any atom is -0.443 e. The van der Waals surface area contributed by atoms with Crippen molar-refractivity contribution in [3.63, 3.8) is 0 Å². The highest BCUT2D eigenvalue weighted by Gasteiger charge is 2.41. The molecule has 176 valence electrons. The molecule has 1 aliphatic heterocycles. The van der Waals surface area contributed by atoms with Gasteiger partial charge in [-0.1, -0.05) is 37.9 Å². The summed E-state index contributed by atoms with van der Waals surface area (Å²) in [5, 5.41) is 0. The Morgan fingerprint density at radius 3 is 2.56 bits per heavy atom. The van der Waals surface area contributed by atoms with Crippen LogP contribution in [0.25, 0.3) is 0 Å². The minimum absolute atomic E-state index is 0.235. The first-order valence-electron chi connectivity index (χ1n) is 11.3. The molecule has 8 heteroatoms. The Hall–Kier alpha value is -2.48. The summed E-state index contributed by atoms with van der Waals surface area (Å²) in [4.78, 5) is 46.0. The van der Waals surface area contributed by atoms with Crippen molar-refractivity contribution in [3.05, 3.63) is 42.2 Å². The number of aromatic nitrogens is 1. The first-order chi connectivity index (χ1) is 14.9. The standard InChI is InChI=1S/C24H37N3O4Si/c1-24(2,3)31-23(30)27-20(13-11-14-21(27)28)22(29)26(16-9-10-17-32(4,5)6)18-19-12-7-8-15-25-19/h7-10,12,15,20H,11,13-14,16-18H2,1-6H3/b10-9+/t20-/m0/s1.